The predicted octanol–water partition coefficient (Wildman–Crippen LogP) is 2.54. The largest absolute Gasteiger partial charge is 0.393 e. The van der Waals surface area contributed by atoms with Gasteiger partial charge in [-0.1, -0.05) is 12.1 Å². The number of aliphatic hydroxyl groups is 1. The molecule has 1 heterocycles. The highest BCUT2D eigenvalue weighted by Gasteiger charge is 2.23. The first kappa shape index (κ1) is 13.9. The van der Waals surface area contributed by atoms with Gasteiger partial charge in [0.25, 0.3) is 0 Å². The van der Waals surface area contributed by atoms with Crippen LogP contribution >= 0.6 is 0 Å². The van der Waals surface area contributed by atoms with Gasteiger partial charge in [0.15, 0.2) is 0 Å². The van der Waals surface area contributed by atoms with Crippen molar-refractivity contribution in [1.82, 2.24) is 5.32 Å². The Bertz CT molecular complexity index is 417. The van der Waals surface area contributed by atoms with Crippen LogP contribution in [0.5, 0.6) is 0 Å². The van der Waals surface area contributed by atoms with Crippen LogP contribution in [0.4, 0.5) is 5.69 Å². The third-order valence-corrected chi connectivity index (χ3v) is 4.70. The molecule has 0 radical (unpaired) electrons. The molecule has 0 aromatic heterocycles. The predicted molar refractivity (Wildman–Crippen MR) is 82.9 cm³/mol. The molecule has 1 aromatic rings. The quantitative estimate of drug-likeness (QED) is 0.866. The molecule has 2 N–H and O–H groups in total. The third kappa shape index (κ3) is 3.53. The number of nitrogens with zero attached hydrogens (tertiary/aromatic N) is 1. The van der Waals surface area contributed by atoms with E-state index >= 15 is 0 Å². The maximum absolute atomic E-state index is 9.65. The molecule has 1 saturated heterocycles. The lowest BCUT2D eigenvalue weighted by atomic mass is 9.92. The fourth-order valence-corrected chi connectivity index (χ4v) is 3.01. The molecule has 1 aliphatic heterocycles. The van der Waals surface area contributed by atoms with Crippen molar-refractivity contribution in [2.24, 2.45) is 5.92 Å². The summed E-state index contributed by atoms with van der Waals surface area (Å²) in [5.41, 5.74) is 2.70. The third-order valence-electron chi connectivity index (χ3n) is 4.70. The van der Waals surface area contributed by atoms with Crippen LogP contribution in [0.3, 0.4) is 0 Å². The van der Waals surface area contributed by atoms with E-state index < -0.39 is 0 Å². The molecule has 2 fully saturated rings. The number of hydrogen-bond acceptors (Lipinski definition) is 3. The average molecular weight is 274 g/mol. The highest BCUT2D eigenvalue weighted by atomic mass is 16.3. The van der Waals surface area contributed by atoms with Crippen molar-refractivity contribution in [1.29, 1.82) is 0 Å². The molecule has 20 heavy (non-hydrogen) atoms. The van der Waals surface area contributed by atoms with Crippen LogP contribution in [-0.4, -0.2) is 30.3 Å². The zero-order chi connectivity index (χ0) is 13.9. The Balaban J connectivity index is 1.52. The van der Waals surface area contributed by atoms with Gasteiger partial charge in [0.2, 0.25) is 0 Å². The van der Waals surface area contributed by atoms with Crippen molar-refractivity contribution in [2.45, 2.75) is 51.3 Å². The van der Waals surface area contributed by atoms with Crippen molar-refractivity contribution in [2.75, 3.05) is 18.0 Å². The summed E-state index contributed by atoms with van der Waals surface area (Å²) in [5, 5.41) is 13.2. The minimum absolute atomic E-state index is 0.159. The number of benzene rings is 1. The Labute approximate surface area is 122 Å². The standard InChI is InChI=1S/C17H26N2O/c1-13(20)15-8-10-19(11-9-15)17-6-2-14(3-7-17)12-18-16-4-5-16/h2-3,6-7,13,15-16,18,20H,4-5,8-12H2,1H3. The van der Waals surface area contributed by atoms with Gasteiger partial charge in [0.05, 0.1) is 6.10 Å². The highest BCUT2D eigenvalue weighted by Crippen LogP contribution is 2.25. The molecule has 1 unspecified atom stereocenters. The van der Waals surface area contributed by atoms with E-state index in [0.717, 1.165) is 38.5 Å². The first-order chi connectivity index (χ1) is 9.72. The monoisotopic (exact) mass is 274 g/mol. The number of nitrogens with one attached hydrogen (secondary N) is 1. The maximum Gasteiger partial charge on any atom is 0.0541 e. The van der Waals surface area contributed by atoms with E-state index in [2.05, 4.69) is 34.5 Å². The van der Waals surface area contributed by atoms with Crippen molar-refractivity contribution < 1.29 is 5.11 Å². The molecule has 3 nitrogen and oxygen atoms in total. The molecule has 1 atom stereocenters. The number of rotatable bonds is 5. The summed E-state index contributed by atoms with van der Waals surface area (Å²) in [4.78, 5) is 2.44. The number of aliphatic hydroxyl groups excluding tert-OH is 1. The minimum Gasteiger partial charge on any atom is -0.393 e. The second kappa shape index (κ2) is 6.15. The van der Waals surface area contributed by atoms with Crippen molar-refractivity contribution in [3.8, 4) is 0 Å². The van der Waals surface area contributed by atoms with Gasteiger partial charge in [-0.15, -0.1) is 0 Å². The normalized spacial score (nSPS) is 22.0. The Morgan fingerprint density at radius 2 is 1.80 bits per heavy atom. The van der Waals surface area contributed by atoms with Gasteiger partial charge in [0.1, 0.15) is 0 Å². The summed E-state index contributed by atoms with van der Waals surface area (Å²) < 4.78 is 0. The van der Waals surface area contributed by atoms with Crippen LogP contribution in [0, 0.1) is 5.92 Å². The summed E-state index contributed by atoms with van der Waals surface area (Å²) in [6.07, 6.45) is 4.73. The highest BCUT2D eigenvalue weighted by molar-refractivity contribution is 5.48. The number of anilines is 1. The van der Waals surface area contributed by atoms with Crippen LogP contribution in [-0.2, 0) is 6.54 Å². The topological polar surface area (TPSA) is 35.5 Å². The maximum atomic E-state index is 9.65. The van der Waals surface area contributed by atoms with E-state index in [-0.39, 0.29) is 6.10 Å². The van der Waals surface area contributed by atoms with Gasteiger partial charge in [0, 0.05) is 31.4 Å². The Morgan fingerprint density at radius 1 is 1.15 bits per heavy atom. The molecule has 110 valence electrons. The van der Waals surface area contributed by atoms with E-state index in [9.17, 15) is 5.11 Å². The minimum atomic E-state index is -0.159. The molecule has 0 bridgehead atoms. The zero-order valence-corrected chi connectivity index (χ0v) is 12.4. The van der Waals surface area contributed by atoms with Gasteiger partial charge in [-0.05, 0) is 56.2 Å². The molecule has 0 amide bonds. The average Bonchev–Trinajstić information content (AvgIpc) is 3.30. The van der Waals surface area contributed by atoms with Crippen LogP contribution in [0.25, 0.3) is 0 Å². The van der Waals surface area contributed by atoms with Crippen molar-refractivity contribution in [3.63, 3.8) is 0 Å². The molecule has 0 spiro atoms. The van der Waals surface area contributed by atoms with E-state index in [1.807, 2.05) is 6.92 Å². The SMILES string of the molecule is CC(O)C1CCN(c2ccc(CNC3CC3)cc2)CC1. The van der Waals surface area contributed by atoms with Gasteiger partial charge in [-0.3, -0.25) is 0 Å². The van der Waals surface area contributed by atoms with E-state index in [1.165, 1.54) is 24.1 Å². The van der Waals surface area contributed by atoms with E-state index in [0.29, 0.717) is 5.92 Å². The van der Waals surface area contributed by atoms with E-state index in [4.69, 9.17) is 0 Å². The van der Waals surface area contributed by atoms with Crippen LogP contribution in [0.2, 0.25) is 0 Å². The number of piperidine rings is 1. The lowest BCUT2D eigenvalue weighted by Crippen LogP contribution is -2.37. The molecular weight excluding hydrogens is 248 g/mol. The Hall–Kier alpha value is -1.06. The van der Waals surface area contributed by atoms with Crippen molar-refractivity contribution in [3.05, 3.63) is 29.8 Å². The van der Waals surface area contributed by atoms with Crippen molar-refractivity contribution >= 4 is 5.69 Å². The molecule has 1 aromatic carbocycles. The first-order valence-electron chi connectivity index (χ1n) is 7.98. The second-order valence-corrected chi connectivity index (χ2v) is 6.39. The first-order valence-corrected chi connectivity index (χ1v) is 7.98. The molecular formula is C17H26N2O. The van der Waals surface area contributed by atoms with Crippen LogP contribution in [0.1, 0.15) is 38.2 Å². The second-order valence-electron chi connectivity index (χ2n) is 6.39. The Morgan fingerprint density at radius 3 is 2.35 bits per heavy atom. The van der Waals surface area contributed by atoms with Gasteiger partial charge in [-0.25, -0.2) is 0 Å². The molecule has 3 heteroatoms. The zero-order valence-electron chi connectivity index (χ0n) is 12.4. The Kier molecular flexibility index (Phi) is 4.27. The summed E-state index contributed by atoms with van der Waals surface area (Å²) in [7, 11) is 0. The summed E-state index contributed by atoms with van der Waals surface area (Å²) in [6, 6.07) is 9.74. The lowest BCUT2D eigenvalue weighted by molar-refractivity contribution is 0.110. The van der Waals surface area contributed by atoms with Gasteiger partial charge < -0.3 is 15.3 Å². The fourth-order valence-electron chi connectivity index (χ4n) is 3.01. The van der Waals surface area contributed by atoms with Gasteiger partial charge in [-0.2, -0.15) is 0 Å². The smallest absolute Gasteiger partial charge is 0.0541 e. The fraction of sp³-hybridized carbons (Fsp3) is 0.647. The molecule has 2 aliphatic rings. The molecule has 1 saturated carbocycles. The summed E-state index contributed by atoms with van der Waals surface area (Å²) in [5.74, 6) is 0.480. The lowest BCUT2D eigenvalue weighted by Gasteiger charge is -2.34. The number of hydrogen-bond donors (Lipinski definition) is 2. The molecule has 3 rings (SSSR count). The molecule has 1 aliphatic carbocycles. The van der Waals surface area contributed by atoms with Crippen LogP contribution < -0.4 is 10.2 Å². The van der Waals surface area contributed by atoms with Gasteiger partial charge >= 0.3 is 0 Å². The summed E-state index contributed by atoms with van der Waals surface area (Å²) >= 11 is 0. The van der Waals surface area contributed by atoms with Crippen LogP contribution in [0.15, 0.2) is 24.3 Å². The van der Waals surface area contributed by atoms with E-state index in [1.54, 1.807) is 0 Å². The summed E-state index contributed by atoms with van der Waals surface area (Å²) in [6.45, 7) is 5.04.